The van der Waals surface area contributed by atoms with Crippen LogP contribution in [0.1, 0.15) is 24.1 Å². The summed E-state index contributed by atoms with van der Waals surface area (Å²) in [5.41, 5.74) is 3.09. The summed E-state index contributed by atoms with van der Waals surface area (Å²) < 4.78 is 3.72. The summed E-state index contributed by atoms with van der Waals surface area (Å²) in [6, 6.07) is 3.93. The fourth-order valence-electron chi connectivity index (χ4n) is 3.73. The molecule has 1 saturated carbocycles. The number of aromatic nitrogens is 5. The third-order valence-electron chi connectivity index (χ3n) is 5.16. The third kappa shape index (κ3) is 4.21. The van der Waals surface area contributed by atoms with Gasteiger partial charge in [0.1, 0.15) is 0 Å². The van der Waals surface area contributed by atoms with Crippen LogP contribution in [-0.2, 0) is 13.1 Å². The minimum atomic E-state index is -0.350. The second kappa shape index (κ2) is 7.80. The molecule has 1 unspecified atom stereocenters. The van der Waals surface area contributed by atoms with Crippen LogP contribution in [0.3, 0.4) is 0 Å². The molecule has 8 heteroatoms. The zero-order valence-corrected chi connectivity index (χ0v) is 15.9. The molecule has 4 rings (SSSR count). The zero-order valence-electron chi connectivity index (χ0n) is 15.2. The van der Waals surface area contributed by atoms with Crippen molar-refractivity contribution in [1.29, 1.82) is 0 Å². The van der Waals surface area contributed by atoms with Crippen LogP contribution < -0.4 is 5.32 Å². The molecule has 0 bridgehead atoms. The summed E-state index contributed by atoms with van der Waals surface area (Å²) >= 11 is 5.93. The number of rotatable bonds is 6. The zero-order chi connectivity index (χ0) is 18.8. The Labute approximate surface area is 163 Å². The van der Waals surface area contributed by atoms with Gasteiger partial charge in [-0.2, -0.15) is 10.2 Å². The maximum Gasteiger partial charge on any atom is 0.0785 e. The molecule has 0 aliphatic heterocycles. The van der Waals surface area contributed by atoms with Crippen LogP contribution in [0.25, 0.3) is 5.69 Å². The highest BCUT2D eigenvalue weighted by Gasteiger charge is 2.33. The first kappa shape index (κ1) is 18.2. The van der Waals surface area contributed by atoms with Crippen molar-refractivity contribution in [2.45, 2.75) is 45.0 Å². The predicted octanol–water partition coefficient (Wildman–Crippen LogP) is 2.35. The Hall–Kier alpha value is -2.22. The van der Waals surface area contributed by atoms with Crippen LogP contribution in [0, 0.1) is 12.8 Å². The summed E-state index contributed by atoms with van der Waals surface area (Å²) in [6.45, 7) is 3.46. The smallest absolute Gasteiger partial charge is 0.0785 e. The maximum absolute atomic E-state index is 10.4. The van der Waals surface area contributed by atoms with Gasteiger partial charge in [0.15, 0.2) is 0 Å². The van der Waals surface area contributed by atoms with Gasteiger partial charge in [-0.1, -0.05) is 11.6 Å². The minimum absolute atomic E-state index is 0.0738. The largest absolute Gasteiger partial charge is 0.391 e. The quantitative estimate of drug-likeness (QED) is 0.679. The summed E-state index contributed by atoms with van der Waals surface area (Å²) in [4.78, 5) is 4.04. The molecule has 0 amide bonds. The molecule has 1 aliphatic carbocycles. The number of halogens is 1. The van der Waals surface area contributed by atoms with Crippen LogP contribution in [0.5, 0.6) is 0 Å². The van der Waals surface area contributed by atoms with Crippen molar-refractivity contribution in [3.63, 3.8) is 0 Å². The van der Waals surface area contributed by atoms with Crippen LogP contribution in [-0.4, -0.2) is 41.8 Å². The molecule has 3 atom stereocenters. The first-order valence-electron chi connectivity index (χ1n) is 9.13. The van der Waals surface area contributed by atoms with E-state index in [1.54, 1.807) is 18.6 Å². The molecular formula is C19H23ClN6O. The van der Waals surface area contributed by atoms with Crippen molar-refractivity contribution in [2.75, 3.05) is 0 Å². The van der Waals surface area contributed by atoms with Gasteiger partial charge in [-0.15, -0.1) is 0 Å². The molecule has 0 spiro atoms. The third-order valence-corrected chi connectivity index (χ3v) is 5.35. The van der Waals surface area contributed by atoms with Crippen molar-refractivity contribution < 1.29 is 5.11 Å². The van der Waals surface area contributed by atoms with E-state index in [4.69, 9.17) is 11.6 Å². The van der Waals surface area contributed by atoms with E-state index in [9.17, 15) is 5.11 Å². The molecule has 2 N–H and O–H groups in total. The summed E-state index contributed by atoms with van der Waals surface area (Å²) in [5.74, 6) is 0.383. The molecule has 0 saturated heterocycles. The molecular weight excluding hydrogens is 364 g/mol. The van der Waals surface area contributed by atoms with Gasteiger partial charge in [-0.3, -0.25) is 9.67 Å². The van der Waals surface area contributed by atoms with Crippen LogP contribution >= 0.6 is 11.6 Å². The van der Waals surface area contributed by atoms with Gasteiger partial charge < -0.3 is 10.4 Å². The van der Waals surface area contributed by atoms with Gasteiger partial charge in [0.25, 0.3) is 0 Å². The number of nitrogens with zero attached hydrogens (tertiary/aromatic N) is 5. The SMILES string of the molecule is Cc1nn(-c2ccncc2)cc1CN[C@@H]1CC(Cn2cc(Cl)cn2)C[C@H]1O. The fourth-order valence-corrected chi connectivity index (χ4v) is 3.89. The van der Waals surface area contributed by atoms with Crippen LogP contribution in [0.2, 0.25) is 5.02 Å². The highest BCUT2D eigenvalue weighted by molar-refractivity contribution is 6.30. The van der Waals surface area contributed by atoms with Gasteiger partial charge in [-0.05, 0) is 37.8 Å². The highest BCUT2D eigenvalue weighted by atomic mass is 35.5. The normalized spacial score (nSPS) is 22.4. The molecule has 142 valence electrons. The molecule has 7 nitrogen and oxygen atoms in total. The summed E-state index contributed by atoms with van der Waals surface area (Å²) in [7, 11) is 0. The molecule has 0 aromatic carbocycles. The lowest BCUT2D eigenvalue weighted by Crippen LogP contribution is -2.35. The first-order chi connectivity index (χ1) is 13.1. The highest BCUT2D eigenvalue weighted by Crippen LogP contribution is 2.28. The van der Waals surface area contributed by atoms with Gasteiger partial charge in [0, 0.05) is 49.5 Å². The van der Waals surface area contributed by atoms with Gasteiger partial charge in [0.05, 0.1) is 28.7 Å². The Balaban J connectivity index is 1.35. The lowest BCUT2D eigenvalue weighted by atomic mass is 10.1. The van der Waals surface area contributed by atoms with Crippen molar-refractivity contribution in [2.24, 2.45) is 5.92 Å². The van der Waals surface area contributed by atoms with Gasteiger partial charge in [-0.25, -0.2) is 4.68 Å². The Kier molecular flexibility index (Phi) is 5.24. The molecule has 3 heterocycles. The Morgan fingerprint density at radius 2 is 2.07 bits per heavy atom. The van der Waals surface area contributed by atoms with E-state index in [0.717, 1.165) is 36.3 Å². The fraction of sp³-hybridized carbons (Fsp3) is 0.421. The van der Waals surface area contributed by atoms with Gasteiger partial charge >= 0.3 is 0 Å². The second-order valence-electron chi connectivity index (χ2n) is 7.16. The van der Waals surface area contributed by atoms with E-state index in [0.29, 0.717) is 17.5 Å². The van der Waals surface area contributed by atoms with E-state index in [-0.39, 0.29) is 12.1 Å². The van der Waals surface area contributed by atoms with Crippen molar-refractivity contribution >= 4 is 11.6 Å². The lowest BCUT2D eigenvalue weighted by Gasteiger charge is -2.16. The number of pyridine rings is 1. The van der Waals surface area contributed by atoms with E-state index >= 15 is 0 Å². The predicted molar refractivity (Wildman–Crippen MR) is 103 cm³/mol. The number of aliphatic hydroxyl groups excluding tert-OH is 1. The maximum atomic E-state index is 10.4. The standard InChI is InChI=1S/C19H23ClN6O/c1-13-15(11-26(24-13)17-2-4-21-5-3-17)8-22-18-6-14(7-19(18)27)10-25-12-16(20)9-23-25/h2-5,9,11-12,14,18-19,22,27H,6-8,10H2,1H3/t14?,18-,19-/m1/s1. The van der Waals surface area contributed by atoms with Crippen molar-refractivity contribution in [3.05, 3.63) is 59.4 Å². The molecule has 3 aromatic rings. The second-order valence-corrected chi connectivity index (χ2v) is 7.60. The Morgan fingerprint density at radius 3 is 2.81 bits per heavy atom. The summed E-state index contributed by atoms with van der Waals surface area (Å²) in [5, 5.41) is 23.4. The average molecular weight is 387 g/mol. The Morgan fingerprint density at radius 1 is 1.26 bits per heavy atom. The number of hydrogen-bond donors (Lipinski definition) is 2. The molecule has 3 aromatic heterocycles. The first-order valence-corrected chi connectivity index (χ1v) is 9.51. The van der Waals surface area contributed by atoms with Crippen molar-refractivity contribution in [3.8, 4) is 5.69 Å². The number of hydrogen-bond acceptors (Lipinski definition) is 5. The molecule has 0 radical (unpaired) electrons. The lowest BCUT2D eigenvalue weighted by molar-refractivity contribution is 0.145. The molecule has 1 aliphatic rings. The summed E-state index contributed by atoms with van der Waals surface area (Å²) in [6.07, 6.45) is 10.3. The topological polar surface area (TPSA) is 80.8 Å². The molecule has 1 fully saturated rings. The Bertz CT molecular complexity index is 893. The minimum Gasteiger partial charge on any atom is -0.391 e. The van der Waals surface area contributed by atoms with E-state index in [1.807, 2.05) is 40.8 Å². The number of aryl methyl sites for hydroxylation is 1. The van der Waals surface area contributed by atoms with Crippen molar-refractivity contribution in [1.82, 2.24) is 29.9 Å². The monoisotopic (exact) mass is 386 g/mol. The van der Waals surface area contributed by atoms with Gasteiger partial charge in [0.2, 0.25) is 0 Å². The average Bonchev–Trinajstić information content (AvgIpc) is 3.34. The van der Waals surface area contributed by atoms with E-state index in [1.165, 1.54) is 0 Å². The van der Waals surface area contributed by atoms with Crippen LogP contribution in [0.15, 0.2) is 43.1 Å². The number of nitrogens with one attached hydrogen (secondary N) is 1. The van der Waals surface area contributed by atoms with E-state index in [2.05, 4.69) is 20.5 Å². The number of aliphatic hydroxyl groups is 1. The van der Waals surface area contributed by atoms with E-state index < -0.39 is 0 Å². The molecule has 27 heavy (non-hydrogen) atoms. The van der Waals surface area contributed by atoms with Crippen LogP contribution in [0.4, 0.5) is 0 Å².